The van der Waals surface area contributed by atoms with Crippen molar-refractivity contribution in [3.8, 4) is 0 Å². The smallest absolute Gasteiger partial charge is 0.139 e. The average molecular weight is 222 g/mol. The van der Waals surface area contributed by atoms with Gasteiger partial charge >= 0.3 is 0 Å². The molecule has 16 heavy (non-hydrogen) atoms. The number of carbonyl (C=O) groups is 1. The predicted molar refractivity (Wildman–Crippen MR) is 69.3 cm³/mol. The van der Waals surface area contributed by atoms with E-state index in [4.69, 9.17) is 0 Å². The molecule has 1 heteroatoms. The van der Waals surface area contributed by atoms with Gasteiger partial charge in [0.05, 0.1) is 0 Å². The Labute approximate surface area is 100 Å². The Kier molecular flexibility index (Phi) is 4.35. The molecule has 0 aliphatic heterocycles. The van der Waals surface area contributed by atoms with Gasteiger partial charge in [-0.2, -0.15) is 0 Å². The maximum Gasteiger partial charge on any atom is 0.139 e. The minimum Gasteiger partial charge on any atom is -0.299 e. The molecule has 0 aromatic rings. The zero-order valence-electron chi connectivity index (χ0n) is 11.3. The Morgan fingerprint density at radius 1 is 1.19 bits per heavy atom. The number of allylic oxidation sites excluding steroid dienone is 1. The Bertz CT molecular complexity index is 262. The third kappa shape index (κ3) is 3.77. The van der Waals surface area contributed by atoms with Crippen LogP contribution in [0, 0.1) is 17.3 Å². The van der Waals surface area contributed by atoms with Crippen molar-refractivity contribution >= 4 is 5.78 Å². The molecule has 1 rings (SSSR count). The highest BCUT2D eigenvalue weighted by atomic mass is 16.1. The lowest BCUT2D eigenvalue weighted by atomic mass is 9.69. The van der Waals surface area contributed by atoms with Crippen LogP contribution in [0.2, 0.25) is 0 Å². The van der Waals surface area contributed by atoms with Crippen LogP contribution in [0.15, 0.2) is 12.2 Å². The van der Waals surface area contributed by atoms with E-state index >= 15 is 0 Å². The van der Waals surface area contributed by atoms with Gasteiger partial charge in [-0.05, 0) is 43.9 Å². The van der Waals surface area contributed by atoms with E-state index in [1.165, 1.54) is 12.8 Å². The zero-order valence-corrected chi connectivity index (χ0v) is 11.3. The maximum atomic E-state index is 11.9. The fraction of sp³-hybridized carbons (Fsp3) is 0.800. The number of carbonyl (C=O) groups excluding carboxylic acids is 1. The number of hydrogen-bond acceptors (Lipinski definition) is 1. The standard InChI is InChI=1S/C15H26O/c1-11(2)10-14(16)12-6-8-13(9-7-12)15(3,4)5/h12-13H,1,6-10H2,2-5H3. The summed E-state index contributed by atoms with van der Waals surface area (Å²) >= 11 is 0. The molecule has 0 radical (unpaired) electrons. The van der Waals surface area contributed by atoms with Gasteiger partial charge in [0.15, 0.2) is 0 Å². The van der Waals surface area contributed by atoms with Crippen molar-refractivity contribution in [3.05, 3.63) is 12.2 Å². The second-order valence-corrected chi connectivity index (χ2v) is 6.51. The third-order valence-corrected chi connectivity index (χ3v) is 3.88. The fourth-order valence-corrected chi connectivity index (χ4v) is 2.72. The van der Waals surface area contributed by atoms with Crippen LogP contribution in [-0.2, 0) is 4.79 Å². The molecular weight excluding hydrogens is 196 g/mol. The van der Waals surface area contributed by atoms with Gasteiger partial charge in [0, 0.05) is 12.3 Å². The molecule has 0 N–H and O–H groups in total. The van der Waals surface area contributed by atoms with Crippen molar-refractivity contribution < 1.29 is 4.79 Å². The Balaban J connectivity index is 2.43. The van der Waals surface area contributed by atoms with E-state index in [1.807, 2.05) is 6.92 Å². The van der Waals surface area contributed by atoms with E-state index < -0.39 is 0 Å². The molecule has 0 bridgehead atoms. The molecule has 1 nitrogen and oxygen atoms in total. The second-order valence-electron chi connectivity index (χ2n) is 6.51. The quantitative estimate of drug-likeness (QED) is 0.648. The van der Waals surface area contributed by atoms with Gasteiger partial charge in [-0.1, -0.05) is 32.9 Å². The maximum absolute atomic E-state index is 11.9. The molecule has 1 aliphatic carbocycles. The topological polar surface area (TPSA) is 17.1 Å². The van der Waals surface area contributed by atoms with E-state index in [0.29, 0.717) is 23.5 Å². The minimum atomic E-state index is 0.315. The third-order valence-electron chi connectivity index (χ3n) is 3.88. The molecule has 0 spiro atoms. The van der Waals surface area contributed by atoms with Crippen molar-refractivity contribution in [1.29, 1.82) is 0 Å². The average Bonchev–Trinajstić information content (AvgIpc) is 2.15. The molecule has 92 valence electrons. The molecule has 0 aromatic heterocycles. The highest BCUT2D eigenvalue weighted by Crippen LogP contribution is 2.40. The predicted octanol–water partition coefficient (Wildman–Crippen LogP) is 4.37. The Morgan fingerprint density at radius 2 is 1.69 bits per heavy atom. The van der Waals surface area contributed by atoms with Crippen molar-refractivity contribution in [2.75, 3.05) is 0 Å². The van der Waals surface area contributed by atoms with Gasteiger partial charge in [0.2, 0.25) is 0 Å². The number of rotatable bonds is 3. The molecule has 0 amide bonds. The Hall–Kier alpha value is -0.590. The van der Waals surface area contributed by atoms with Crippen LogP contribution < -0.4 is 0 Å². The molecule has 0 saturated heterocycles. The minimum absolute atomic E-state index is 0.315. The lowest BCUT2D eigenvalue weighted by Crippen LogP contribution is -2.28. The Morgan fingerprint density at radius 3 is 2.06 bits per heavy atom. The summed E-state index contributed by atoms with van der Waals surface area (Å²) in [4.78, 5) is 11.9. The van der Waals surface area contributed by atoms with Crippen LogP contribution in [0.25, 0.3) is 0 Å². The summed E-state index contributed by atoms with van der Waals surface area (Å²) < 4.78 is 0. The van der Waals surface area contributed by atoms with E-state index in [-0.39, 0.29) is 0 Å². The van der Waals surface area contributed by atoms with Crippen LogP contribution in [0.5, 0.6) is 0 Å². The molecular formula is C15H26O. The van der Waals surface area contributed by atoms with Crippen molar-refractivity contribution in [2.45, 2.75) is 59.8 Å². The first-order chi connectivity index (χ1) is 7.30. The van der Waals surface area contributed by atoms with E-state index in [0.717, 1.165) is 24.3 Å². The summed E-state index contributed by atoms with van der Waals surface area (Å²) in [6, 6.07) is 0. The highest BCUT2D eigenvalue weighted by Gasteiger charge is 2.31. The molecule has 1 saturated carbocycles. The van der Waals surface area contributed by atoms with Gasteiger partial charge in [0.1, 0.15) is 5.78 Å². The highest BCUT2D eigenvalue weighted by molar-refractivity contribution is 5.83. The van der Waals surface area contributed by atoms with Crippen molar-refractivity contribution in [1.82, 2.24) is 0 Å². The number of Topliss-reactive ketones (excluding diaryl/α,β-unsaturated/α-hetero) is 1. The molecule has 0 heterocycles. The summed E-state index contributed by atoms with van der Waals surface area (Å²) in [5.41, 5.74) is 1.41. The summed E-state index contributed by atoms with van der Waals surface area (Å²) in [5, 5.41) is 0. The van der Waals surface area contributed by atoms with Gasteiger partial charge in [-0.25, -0.2) is 0 Å². The first-order valence-corrected chi connectivity index (χ1v) is 6.48. The summed E-state index contributed by atoms with van der Waals surface area (Å²) in [5.74, 6) is 1.52. The molecule has 0 unspecified atom stereocenters. The van der Waals surface area contributed by atoms with Crippen molar-refractivity contribution in [2.24, 2.45) is 17.3 Å². The number of hydrogen-bond donors (Lipinski definition) is 0. The normalized spacial score (nSPS) is 26.5. The van der Waals surface area contributed by atoms with Gasteiger partial charge in [0.25, 0.3) is 0 Å². The molecule has 0 atom stereocenters. The van der Waals surface area contributed by atoms with Crippen LogP contribution in [0.4, 0.5) is 0 Å². The van der Waals surface area contributed by atoms with Crippen LogP contribution in [0.1, 0.15) is 59.8 Å². The van der Waals surface area contributed by atoms with Crippen molar-refractivity contribution in [3.63, 3.8) is 0 Å². The molecule has 1 aliphatic rings. The van der Waals surface area contributed by atoms with E-state index in [1.54, 1.807) is 0 Å². The van der Waals surface area contributed by atoms with Crippen LogP contribution in [-0.4, -0.2) is 5.78 Å². The van der Waals surface area contributed by atoms with Crippen LogP contribution >= 0.6 is 0 Å². The zero-order chi connectivity index (χ0) is 12.3. The van der Waals surface area contributed by atoms with Gasteiger partial charge in [-0.3, -0.25) is 4.79 Å². The summed E-state index contributed by atoms with van der Waals surface area (Å²) in [6.45, 7) is 12.7. The van der Waals surface area contributed by atoms with Crippen LogP contribution in [0.3, 0.4) is 0 Å². The lowest BCUT2D eigenvalue weighted by Gasteiger charge is -2.36. The van der Waals surface area contributed by atoms with E-state index in [9.17, 15) is 4.79 Å². The second kappa shape index (κ2) is 5.16. The van der Waals surface area contributed by atoms with Gasteiger partial charge < -0.3 is 0 Å². The lowest BCUT2D eigenvalue weighted by molar-refractivity contribution is -0.123. The monoisotopic (exact) mass is 222 g/mol. The first-order valence-electron chi connectivity index (χ1n) is 6.48. The fourth-order valence-electron chi connectivity index (χ4n) is 2.72. The largest absolute Gasteiger partial charge is 0.299 e. The van der Waals surface area contributed by atoms with E-state index in [2.05, 4.69) is 27.4 Å². The van der Waals surface area contributed by atoms with Gasteiger partial charge in [-0.15, -0.1) is 0 Å². The number of ketones is 1. The summed E-state index contributed by atoms with van der Waals surface area (Å²) in [6.07, 6.45) is 5.21. The SMILES string of the molecule is C=C(C)CC(=O)C1CCC(C(C)(C)C)CC1. The first kappa shape index (κ1) is 13.5. The molecule has 1 fully saturated rings. The molecule has 0 aromatic carbocycles. The summed E-state index contributed by atoms with van der Waals surface area (Å²) in [7, 11) is 0.